The van der Waals surface area contributed by atoms with Crippen LogP contribution >= 0.6 is 0 Å². The van der Waals surface area contributed by atoms with Crippen molar-refractivity contribution in [3.63, 3.8) is 0 Å². The Bertz CT molecular complexity index is 303. The molecule has 0 saturated carbocycles. The number of halogens is 2. The summed E-state index contributed by atoms with van der Waals surface area (Å²) in [6, 6.07) is 4.10. The highest BCUT2D eigenvalue weighted by Crippen LogP contribution is 2.27. The van der Waals surface area contributed by atoms with Gasteiger partial charge in [0.05, 0.1) is 0 Å². The van der Waals surface area contributed by atoms with Gasteiger partial charge in [-0.05, 0) is 29.5 Å². The smallest absolute Gasteiger partial charge is 0.159 e. The number of hydrogen-bond donors (Lipinski definition) is 0. The van der Waals surface area contributed by atoms with E-state index < -0.39 is 11.6 Å². The summed E-state index contributed by atoms with van der Waals surface area (Å²) >= 11 is 0. The Morgan fingerprint density at radius 2 is 1.77 bits per heavy atom. The molecule has 1 aromatic carbocycles. The fourth-order valence-corrected chi connectivity index (χ4v) is 1.12. The number of rotatable bonds is 2. The van der Waals surface area contributed by atoms with E-state index in [0.29, 0.717) is 0 Å². The Labute approximate surface area is 77.6 Å². The lowest BCUT2D eigenvalue weighted by atomic mass is 9.82. The van der Waals surface area contributed by atoms with Gasteiger partial charge < -0.3 is 0 Å². The van der Waals surface area contributed by atoms with Gasteiger partial charge in [-0.25, -0.2) is 8.78 Å². The molecule has 0 fully saturated rings. The second kappa shape index (κ2) is 3.44. The van der Waals surface area contributed by atoms with Gasteiger partial charge in [0.25, 0.3) is 0 Å². The maximum absolute atomic E-state index is 12.9. The standard InChI is InChI=1S/C11H14F2/c1-4-11(2,3)8-5-6-9(12)10(13)7-8/h5-7H,4H2,1-3H3. The lowest BCUT2D eigenvalue weighted by molar-refractivity contribution is 0.479. The molecule has 0 amide bonds. The van der Waals surface area contributed by atoms with Crippen LogP contribution < -0.4 is 0 Å². The Hall–Kier alpha value is -0.920. The van der Waals surface area contributed by atoms with E-state index in [4.69, 9.17) is 0 Å². The molecule has 0 aromatic heterocycles. The number of hydrogen-bond acceptors (Lipinski definition) is 0. The quantitative estimate of drug-likeness (QED) is 0.658. The third-order valence-electron chi connectivity index (χ3n) is 2.58. The third-order valence-corrected chi connectivity index (χ3v) is 2.58. The van der Waals surface area contributed by atoms with Gasteiger partial charge in [0.2, 0.25) is 0 Å². The highest BCUT2D eigenvalue weighted by molar-refractivity contribution is 5.24. The molecule has 0 atom stereocenters. The molecule has 2 heteroatoms. The summed E-state index contributed by atoms with van der Waals surface area (Å²) in [5.74, 6) is -1.55. The van der Waals surface area contributed by atoms with Crippen LogP contribution in [0.3, 0.4) is 0 Å². The van der Waals surface area contributed by atoms with Crippen molar-refractivity contribution >= 4 is 0 Å². The summed E-state index contributed by atoms with van der Waals surface area (Å²) in [7, 11) is 0. The highest BCUT2D eigenvalue weighted by atomic mass is 19.2. The van der Waals surface area contributed by atoms with Gasteiger partial charge in [0.1, 0.15) is 0 Å². The minimum atomic E-state index is -0.782. The zero-order valence-corrected chi connectivity index (χ0v) is 8.20. The van der Waals surface area contributed by atoms with Crippen LogP contribution in [0.2, 0.25) is 0 Å². The average molecular weight is 184 g/mol. The van der Waals surface area contributed by atoms with E-state index in [0.717, 1.165) is 12.0 Å². The van der Waals surface area contributed by atoms with Crippen molar-refractivity contribution in [3.8, 4) is 0 Å². The van der Waals surface area contributed by atoms with Gasteiger partial charge in [0.15, 0.2) is 11.6 Å². The molecule has 0 spiro atoms. The summed E-state index contributed by atoms with van der Waals surface area (Å²) in [4.78, 5) is 0. The molecule has 0 saturated heterocycles. The van der Waals surface area contributed by atoms with Crippen molar-refractivity contribution in [2.24, 2.45) is 0 Å². The topological polar surface area (TPSA) is 0 Å². The third kappa shape index (κ3) is 2.06. The molecule has 0 aliphatic heterocycles. The normalized spacial score (nSPS) is 11.8. The molecule has 1 aromatic rings. The van der Waals surface area contributed by atoms with E-state index >= 15 is 0 Å². The zero-order chi connectivity index (χ0) is 10.1. The first-order valence-corrected chi connectivity index (χ1v) is 4.43. The van der Waals surface area contributed by atoms with E-state index in [1.54, 1.807) is 6.07 Å². The van der Waals surface area contributed by atoms with E-state index in [9.17, 15) is 8.78 Å². The molecular weight excluding hydrogens is 170 g/mol. The molecule has 0 aliphatic rings. The number of benzene rings is 1. The van der Waals surface area contributed by atoms with Crippen LogP contribution in [0.4, 0.5) is 8.78 Å². The van der Waals surface area contributed by atoms with Crippen LogP contribution in [-0.4, -0.2) is 0 Å². The Morgan fingerprint density at radius 3 is 2.23 bits per heavy atom. The molecule has 0 bridgehead atoms. The minimum absolute atomic E-state index is 0.0887. The molecule has 0 radical (unpaired) electrons. The first-order valence-electron chi connectivity index (χ1n) is 4.43. The Balaban J connectivity index is 3.10. The highest BCUT2D eigenvalue weighted by Gasteiger charge is 2.19. The van der Waals surface area contributed by atoms with Gasteiger partial charge in [0, 0.05) is 0 Å². The SMILES string of the molecule is CCC(C)(C)c1ccc(F)c(F)c1. The molecule has 0 unspecified atom stereocenters. The van der Waals surface area contributed by atoms with Crippen LogP contribution in [0.15, 0.2) is 18.2 Å². The first-order chi connectivity index (χ1) is 5.97. The molecular formula is C11H14F2. The van der Waals surface area contributed by atoms with Gasteiger partial charge in [-0.2, -0.15) is 0 Å². The average Bonchev–Trinajstić information content (AvgIpc) is 2.09. The first kappa shape index (κ1) is 10.2. The maximum atomic E-state index is 12.9. The van der Waals surface area contributed by atoms with Crippen molar-refractivity contribution in [2.45, 2.75) is 32.6 Å². The fraction of sp³-hybridized carbons (Fsp3) is 0.455. The Morgan fingerprint density at radius 1 is 1.15 bits per heavy atom. The van der Waals surface area contributed by atoms with Gasteiger partial charge in [-0.15, -0.1) is 0 Å². The molecule has 13 heavy (non-hydrogen) atoms. The van der Waals surface area contributed by atoms with Crippen molar-refractivity contribution in [3.05, 3.63) is 35.4 Å². The van der Waals surface area contributed by atoms with Crippen LogP contribution in [0.5, 0.6) is 0 Å². The molecule has 0 aliphatic carbocycles. The van der Waals surface area contributed by atoms with Crippen molar-refractivity contribution in [1.82, 2.24) is 0 Å². The lowest BCUT2D eigenvalue weighted by Gasteiger charge is -2.23. The largest absolute Gasteiger partial charge is 0.204 e. The summed E-state index contributed by atoms with van der Waals surface area (Å²) in [5, 5.41) is 0. The summed E-state index contributed by atoms with van der Waals surface area (Å²) < 4.78 is 25.5. The molecule has 1 rings (SSSR count). The summed E-state index contributed by atoms with van der Waals surface area (Å²) in [6.07, 6.45) is 0.901. The van der Waals surface area contributed by atoms with Crippen LogP contribution in [-0.2, 0) is 5.41 Å². The van der Waals surface area contributed by atoms with Crippen molar-refractivity contribution < 1.29 is 8.78 Å². The lowest BCUT2D eigenvalue weighted by Crippen LogP contribution is -2.15. The van der Waals surface area contributed by atoms with Gasteiger partial charge >= 0.3 is 0 Å². The summed E-state index contributed by atoms with van der Waals surface area (Å²) in [5.41, 5.74) is 0.753. The minimum Gasteiger partial charge on any atom is -0.204 e. The van der Waals surface area contributed by atoms with E-state index in [1.807, 2.05) is 20.8 Å². The van der Waals surface area contributed by atoms with Crippen LogP contribution in [0.1, 0.15) is 32.8 Å². The maximum Gasteiger partial charge on any atom is 0.159 e. The van der Waals surface area contributed by atoms with Gasteiger partial charge in [-0.3, -0.25) is 0 Å². The van der Waals surface area contributed by atoms with E-state index in [-0.39, 0.29) is 5.41 Å². The van der Waals surface area contributed by atoms with Crippen molar-refractivity contribution in [2.75, 3.05) is 0 Å². The molecule has 0 nitrogen and oxygen atoms in total. The second-order valence-corrected chi connectivity index (χ2v) is 3.87. The van der Waals surface area contributed by atoms with Gasteiger partial charge in [-0.1, -0.05) is 26.8 Å². The predicted octanol–water partition coefficient (Wildman–Crippen LogP) is 3.65. The Kier molecular flexibility index (Phi) is 2.69. The fourth-order valence-electron chi connectivity index (χ4n) is 1.12. The van der Waals surface area contributed by atoms with E-state index in [1.165, 1.54) is 12.1 Å². The van der Waals surface area contributed by atoms with Crippen molar-refractivity contribution in [1.29, 1.82) is 0 Å². The monoisotopic (exact) mass is 184 g/mol. The zero-order valence-electron chi connectivity index (χ0n) is 8.20. The molecule has 0 N–H and O–H groups in total. The second-order valence-electron chi connectivity index (χ2n) is 3.87. The van der Waals surface area contributed by atoms with Crippen LogP contribution in [0, 0.1) is 11.6 Å². The van der Waals surface area contributed by atoms with E-state index in [2.05, 4.69) is 0 Å². The van der Waals surface area contributed by atoms with Crippen LogP contribution in [0.25, 0.3) is 0 Å². The molecule has 0 heterocycles. The predicted molar refractivity (Wildman–Crippen MR) is 49.7 cm³/mol. The summed E-state index contributed by atoms with van der Waals surface area (Å²) in [6.45, 7) is 6.06. The molecule has 72 valence electrons.